The lowest BCUT2D eigenvalue weighted by atomic mass is 10.0. The zero-order chi connectivity index (χ0) is 12.3. The van der Waals surface area contributed by atoms with Crippen LogP contribution in [-0.4, -0.2) is 17.3 Å². The summed E-state index contributed by atoms with van der Waals surface area (Å²) in [4.78, 5) is 0. The van der Waals surface area contributed by atoms with Crippen LogP contribution in [0.15, 0.2) is 12.1 Å². The van der Waals surface area contributed by atoms with Gasteiger partial charge in [-0.3, -0.25) is 0 Å². The molecule has 0 spiro atoms. The molecule has 5 heteroatoms. The average Bonchev–Trinajstić information content (AvgIpc) is 2.19. The zero-order valence-electron chi connectivity index (χ0n) is 9.35. The van der Waals surface area contributed by atoms with Gasteiger partial charge in [-0.25, -0.2) is 8.78 Å². The number of nitrogen functional groups attached to an aromatic ring is 1. The summed E-state index contributed by atoms with van der Waals surface area (Å²) < 4.78 is 26.5. The molecule has 0 radical (unpaired) electrons. The van der Waals surface area contributed by atoms with Crippen molar-refractivity contribution in [2.24, 2.45) is 0 Å². The van der Waals surface area contributed by atoms with Crippen molar-refractivity contribution in [1.82, 2.24) is 0 Å². The molecule has 1 aromatic rings. The molecule has 0 amide bonds. The number of benzene rings is 1. The van der Waals surface area contributed by atoms with Crippen molar-refractivity contribution in [1.29, 1.82) is 0 Å². The molecule has 0 aliphatic carbocycles. The molecule has 1 aromatic carbocycles. The van der Waals surface area contributed by atoms with Gasteiger partial charge in [0.1, 0.15) is 0 Å². The van der Waals surface area contributed by atoms with E-state index < -0.39 is 17.2 Å². The van der Waals surface area contributed by atoms with Crippen molar-refractivity contribution < 1.29 is 13.9 Å². The van der Waals surface area contributed by atoms with Crippen LogP contribution in [0, 0.1) is 11.6 Å². The van der Waals surface area contributed by atoms with Crippen molar-refractivity contribution in [2.75, 3.05) is 17.7 Å². The van der Waals surface area contributed by atoms with Gasteiger partial charge in [-0.2, -0.15) is 0 Å². The minimum atomic E-state index is -0.994. The number of halogens is 2. The average molecular weight is 230 g/mol. The Morgan fingerprint density at radius 3 is 2.56 bits per heavy atom. The lowest BCUT2D eigenvalue weighted by Crippen LogP contribution is -2.32. The lowest BCUT2D eigenvalue weighted by molar-refractivity contribution is 0.260. The summed E-state index contributed by atoms with van der Waals surface area (Å²) in [5, 5.41) is 11.6. The van der Waals surface area contributed by atoms with E-state index in [0.29, 0.717) is 6.42 Å². The van der Waals surface area contributed by atoms with E-state index in [-0.39, 0.29) is 18.0 Å². The summed E-state index contributed by atoms with van der Waals surface area (Å²) in [7, 11) is 0. The Balaban J connectivity index is 3.01. The van der Waals surface area contributed by atoms with E-state index in [1.165, 1.54) is 6.07 Å². The molecule has 4 N–H and O–H groups in total. The van der Waals surface area contributed by atoms with Gasteiger partial charge in [0.2, 0.25) is 0 Å². The number of nitrogens with two attached hydrogens (primary N) is 1. The molecule has 16 heavy (non-hydrogen) atoms. The fraction of sp³-hybridized carbons (Fsp3) is 0.455. The van der Waals surface area contributed by atoms with Gasteiger partial charge in [0.05, 0.1) is 11.4 Å². The SMILES string of the molecule is CC(C)(CCO)Nc1c(N)ccc(F)c1F. The molecule has 0 aromatic heterocycles. The molecule has 0 unspecified atom stereocenters. The van der Waals surface area contributed by atoms with Crippen LogP contribution < -0.4 is 11.1 Å². The van der Waals surface area contributed by atoms with Crippen LogP contribution in [0.25, 0.3) is 0 Å². The Labute approximate surface area is 93.3 Å². The summed E-state index contributed by atoms with van der Waals surface area (Å²) >= 11 is 0. The van der Waals surface area contributed by atoms with E-state index in [9.17, 15) is 8.78 Å². The standard InChI is InChI=1S/C11H16F2N2O/c1-11(2,5-6-16)15-10-8(14)4-3-7(12)9(10)13/h3-4,15-16H,5-6,14H2,1-2H3. The molecule has 0 bridgehead atoms. The van der Waals surface area contributed by atoms with Gasteiger partial charge in [0.15, 0.2) is 11.6 Å². The van der Waals surface area contributed by atoms with Crippen molar-refractivity contribution in [3.8, 4) is 0 Å². The molecule has 0 atom stereocenters. The van der Waals surface area contributed by atoms with Crippen molar-refractivity contribution in [3.05, 3.63) is 23.8 Å². The first kappa shape index (κ1) is 12.7. The largest absolute Gasteiger partial charge is 0.397 e. The zero-order valence-corrected chi connectivity index (χ0v) is 9.35. The maximum absolute atomic E-state index is 13.5. The highest BCUT2D eigenvalue weighted by atomic mass is 19.2. The van der Waals surface area contributed by atoms with Crippen molar-refractivity contribution in [3.63, 3.8) is 0 Å². The van der Waals surface area contributed by atoms with Gasteiger partial charge >= 0.3 is 0 Å². The highest BCUT2D eigenvalue weighted by molar-refractivity contribution is 5.67. The first-order valence-electron chi connectivity index (χ1n) is 5.00. The third-order valence-corrected chi connectivity index (χ3v) is 2.33. The summed E-state index contributed by atoms with van der Waals surface area (Å²) in [6, 6.07) is 2.28. The third kappa shape index (κ3) is 2.82. The normalized spacial score (nSPS) is 11.6. The second-order valence-corrected chi connectivity index (χ2v) is 4.31. The molecule has 1 rings (SSSR count). The predicted octanol–water partition coefficient (Wildman–Crippen LogP) is 2.12. The minimum Gasteiger partial charge on any atom is -0.397 e. The number of rotatable bonds is 4. The maximum Gasteiger partial charge on any atom is 0.183 e. The first-order valence-corrected chi connectivity index (χ1v) is 5.00. The third-order valence-electron chi connectivity index (χ3n) is 2.33. The van der Waals surface area contributed by atoms with Crippen LogP contribution in [0.2, 0.25) is 0 Å². The summed E-state index contributed by atoms with van der Waals surface area (Å²) in [6.45, 7) is 3.50. The highest BCUT2D eigenvalue weighted by Crippen LogP contribution is 2.28. The number of hydrogen-bond donors (Lipinski definition) is 3. The van der Waals surface area contributed by atoms with Gasteiger partial charge in [-0.1, -0.05) is 0 Å². The Morgan fingerprint density at radius 1 is 1.38 bits per heavy atom. The second kappa shape index (κ2) is 4.65. The molecule has 0 heterocycles. The predicted molar refractivity (Wildman–Crippen MR) is 60.2 cm³/mol. The van der Waals surface area contributed by atoms with E-state index in [2.05, 4.69) is 5.32 Å². The molecule has 3 nitrogen and oxygen atoms in total. The van der Waals surface area contributed by atoms with E-state index >= 15 is 0 Å². The molecule has 0 fully saturated rings. The monoisotopic (exact) mass is 230 g/mol. The molecular formula is C11H16F2N2O. The lowest BCUT2D eigenvalue weighted by Gasteiger charge is -2.27. The van der Waals surface area contributed by atoms with E-state index in [1.54, 1.807) is 13.8 Å². The Hall–Kier alpha value is -1.36. The molecule has 0 aliphatic rings. The quantitative estimate of drug-likeness (QED) is 0.694. The number of anilines is 2. The van der Waals surface area contributed by atoms with Crippen LogP contribution >= 0.6 is 0 Å². The molecule has 0 saturated heterocycles. The van der Waals surface area contributed by atoms with Crippen molar-refractivity contribution in [2.45, 2.75) is 25.8 Å². The van der Waals surface area contributed by atoms with Crippen LogP contribution in [0.3, 0.4) is 0 Å². The van der Waals surface area contributed by atoms with Gasteiger partial charge in [0.25, 0.3) is 0 Å². The van der Waals surface area contributed by atoms with Gasteiger partial charge < -0.3 is 16.2 Å². The van der Waals surface area contributed by atoms with E-state index in [4.69, 9.17) is 10.8 Å². The summed E-state index contributed by atoms with van der Waals surface area (Å²) in [5.41, 5.74) is 5.09. The van der Waals surface area contributed by atoms with E-state index in [0.717, 1.165) is 6.07 Å². The fourth-order valence-electron chi connectivity index (χ4n) is 1.37. The molecule has 0 aliphatic heterocycles. The van der Waals surface area contributed by atoms with Crippen LogP contribution in [0.1, 0.15) is 20.3 Å². The van der Waals surface area contributed by atoms with Crippen LogP contribution in [0.5, 0.6) is 0 Å². The van der Waals surface area contributed by atoms with E-state index in [1.807, 2.05) is 0 Å². The number of aliphatic hydroxyl groups is 1. The molecule has 0 saturated carbocycles. The number of aliphatic hydroxyl groups excluding tert-OH is 1. The first-order chi connectivity index (χ1) is 7.37. The maximum atomic E-state index is 13.5. The minimum absolute atomic E-state index is 0.0448. The van der Waals surface area contributed by atoms with Gasteiger partial charge in [0, 0.05) is 12.1 Å². The topological polar surface area (TPSA) is 58.3 Å². The number of nitrogens with one attached hydrogen (secondary N) is 1. The summed E-state index contributed by atoms with van der Waals surface area (Å²) in [5.74, 6) is -1.94. The van der Waals surface area contributed by atoms with Crippen molar-refractivity contribution >= 4 is 11.4 Å². The summed E-state index contributed by atoms with van der Waals surface area (Å²) in [6.07, 6.45) is 0.405. The van der Waals surface area contributed by atoms with Crippen LogP contribution in [-0.2, 0) is 0 Å². The highest BCUT2D eigenvalue weighted by Gasteiger charge is 2.21. The molecule has 90 valence electrons. The Kier molecular flexibility index (Phi) is 3.70. The smallest absolute Gasteiger partial charge is 0.183 e. The molecular weight excluding hydrogens is 214 g/mol. The van der Waals surface area contributed by atoms with Crippen LogP contribution in [0.4, 0.5) is 20.2 Å². The Bertz CT molecular complexity index is 380. The Morgan fingerprint density at radius 2 is 2.00 bits per heavy atom. The fourth-order valence-corrected chi connectivity index (χ4v) is 1.37. The second-order valence-electron chi connectivity index (χ2n) is 4.31. The van der Waals surface area contributed by atoms with Gasteiger partial charge in [-0.15, -0.1) is 0 Å². The van der Waals surface area contributed by atoms with Gasteiger partial charge in [-0.05, 0) is 32.4 Å². The number of hydrogen-bond acceptors (Lipinski definition) is 3.